The summed E-state index contributed by atoms with van der Waals surface area (Å²) in [5.41, 5.74) is 0.549. The number of halogens is 2. The van der Waals surface area contributed by atoms with Crippen molar-refractivity contribution in [1.82, 2.24) is 14.8 Å². The van der Waals surface area contributed by atoms with E-state index < -0.39 is 12.5 Å². The van der Waals surface area contributed by atoms with Crippen LogP contribution in [0, 0.1) is 5.92 Å². The first kappa shape index (κ1) is 15.6. The van der Waals surface area contributed by atoms with Gasteiger partial charge in [0.15, 0.2) is 0 Å². The minimum absolute atomic E-state index is 0.0473. The van der Waals surface area contributed by atoms with E-state index in [9.17, 15) is 13.9 Å². The van der Waals surface area contributed by atoms with Crippen LogP contribution in [0.2, 0.25) is 0 Å². The number of aromatic nitrogens is 3. The predicted octanol–water partition coefficient (Wildman–Crippen LogP) is 3.15. The Morgan fingerprint density at radius 1 is 1.14 bits per heavy atom. The molecule has 0 fully saturated rings. The lowest BCUT2D eigenvalue weighted by atomic mass is 10.0. The maximum Gasteiger partial charge on any atom is 0.263 e. The van der Waals surface area contributed by atoms with Gasteiger partial charge < -0.3 is 5.11 Å². The number of hydrogen-bond donors (Lipinski definition) is 1. The van der Waals surface area contributed by atoms with Gasteiger partial charge in [-0.05, 0) is 11.5 Å². The summed E-state index contributed by atoms with van der Waals surface area (Å²) in [6, 6.07) is 5.72. The standard InChI is InChI=1S/C15H19F2N3O/c1-10(2)8-20-14(18-9-19-20)7-13(21)11-3-5-12(6-4-11)15(16)17/h3-6,9-10,13,15,21H,7-8H2,1-2H3. The molecule has 2 rings (SSSR count). The van der Waals surface area contributed by atoms with Crippen molar-refractivity contribution in [2.24, 2.45) is 5.92 Å². The zero-order valence-corrected chi connectivity index (χ0v) is 12.1. The van der Waals surface area contributed by atoms with E-state index in [2.05, 4.69) is 23.9 Å². The van der Waals surface area contributed by atoms with Crippen molar-refractivity contribution < 1.29 is 13.9 Å². The molecule has 0 radical (unpaired) electrons. The highest BCUT2D eigenvalue weighted by Gasteiger charge is 2.15. The van der Waals surface area contributed by atoms with Gasteiger partial charge in [-0.1, -0.05) is 38.1 Å². The second kappa shape index (κ2) is 6.76. The Kier molecular flexibility index (Phi) is 5.01. The molecule has 0 saturated heterocycles. The van der Waals surface area contributed by atoms with Crippen molar-refractivity contribution in [2.45, 2.75) is 39.3 Å². The summed E-state index contributed by atoms with van der Waals surface area (Å²) in [5, 5.41) is 14.3. The lowest BCUT2D eigenvalue weighted by Gasteiger charge is -2.13. The molecule has 4 nitrogen and oxygen atoms in total. The zero-order chi connectivity index (χ0) is 15.4. The van der Waals surface area contributed by atoms with E-state index in [4.69, 9.17) is 0 Å². The third-order valence-corrected chi connectivity index (χ3v) is 3.18. The molecule has 0 saturated carbocycles. The number of hydrogen-bond acceptors (Lipinski definition) is 3. The second-order valence-corrected chi connectivity index (χ2v) is 5.44. The summed E-state index contributed by atoms with van der Waals surface area (Å²) >= 11 is 0. The molecule has 0 amide bonds. The average molecular weight is 295 g/mol. The molecule has 0 spiro atoms. The van der Waals surface area contributed by atoms with E-state index in [-0.39, 0.29) is 5.56 Å². The van der Waals surface area contributed by atoms with Gasteiger partial charge >= 0.3 is 0 Å². The van der Waals surface area contributed by atoms with E-state index in [1.807, 2.05) is 0 Å². The average Bonchev–Trinajstić information content (AvgIpc) is 2.85. The SMILES string of the molecule is CC(C)Cn1ncnc1CC(O)c1ccc(C(F)F)cc1. The van der Waals surface area contributed by atoms with Crippen LogP contribution in [-0.2, 0) is 13.0 Å². The maximum absolute atomic E-state index is 12.5. The van der Waals surface area contributed by atoms with Gasteiger partial charge in [-0.3, -0.25) is 0 Å². The Morgan fingerprint density at radius 3 is 2.33 bits per heavy atom. The first-order valence-corrected chi connectivity index (χ1v) is 6.90. The van der Waals surface area contributed by atoms with Crippen LogP contribution >= 0.6 is 0 Å². The third kappa shape index (κ3) is 4.07. The molecule has 0 aliphatic carbocycles. The Bertz CT molecular complexity index is 567. The highest BCUT2D eigenvalue weighted by atomic mass is 19.3. The van der Waals surface area contributed by atoms with Gasteiger partial charge in [0.25, 0.3) is 6.43 Å². The summed E-state index contributed by atoms with van der Waals surface area (Å²) in [6.45, 7) is 4.88. The fourth-order valence-electron chi connectivity index (χ4n) is 2.10. The summed E-state index contributed by atoms with van der Waals surface area (Å²) in [6.07, 6.45) is -1.51. The van der Waals surface area contributed by atoms with Crippen molar-refractivity contribution >= 4 is 0 Å². The normalized spacial score (nSPS) is 13.1. The summed E-state index contributed by atoms with van der Waals surface area (Å²) < 4.78 is 26.8. The van der Waals surface area contributed by atoms with Crippen molar-refractivity contribution in [3.63, 3.8) is 0 Å². The van der Waals surface area contributed by atoms with E-state index in [0.29, 0.717) is 23.7 Å². The largest absolute Gasteiger partial charge is 0.388 e. The van der Waals surface area contributed by atoms with Crippen LogP contribution < -0.4 is 0 Å². The molecule has 21 heavy (non-hydrogen) atoms. The molecular formula is C15H19F2N3O. The third-order valence-electron chi connectivity index (χ3n) is 3.18. The first-order valence-electron chi connectivity index (χ1n) is 6.90. The quantitative estimate of drug-likeness (QED) is 0.890. The minimum Gasteiger partial charge on any atom is -0.388 e. The topological polar surface area (TPSA) is 50.9 Å². The predicted molar refractivity (Wildman–Crippen MR) is 74.9 cm³/mol. The summed E-state index contributed by atoms with van der Waals surface area (Å²) in [4.78, 5) is 4.15. The fraction of sp³-hybridized carbons (Fsp3) is 0.467. The van der Waals surface area contributed by atoms with Crippen LogP contribution in [-0.4, -0.2) is 19.9 Å². The molecule has 1 heterocycles. The Morgan fingerprint density at radius 2 is 1.76 bits per heavy atom. The van der Waals surface area contributed by atoms with Gasteiger partial charge in [0.05, 0.1) is 6.10 Å². The van der Waals surface area contributed by atoms with Crippen LogP contribution in [0.3, 0.4) is 0 Å². The lowest BCUT2D eigenvalue weighted by molar-refractivity contribution is 0.150. The van der Waals surface area contributed by atoms with Crippen LogP contribution in [0.15, 0.2) is 30.6 Å². The molecule has 0 aliphatic rings. The van der Waals surface area contributed by atoms with E-state index in [1.165, 1.54) is 30.6 Å². The summed E-state index contributed by atoms with van der Waals surface area (Å²) in [7, 11) is 0. The zero-order valence-electron chi connectivity index (χ0n) is 12.1. The molecule has 2 aromatic rings. The fourth-order valence-corrected chi connectivity index (χ4v) is 2.10. The molecule has 0 bridgehead atoms. The molecule has 1 aromatic heterocycles. The highest BCUT2D eigenvalue weighted by molar-refractivity contribution is 5.25. The van der Waals surface area contributed by atoms with Crippen molar-refractivity contribution in [3.05, 3.63) is 47.5 Å². The van der Waals surface area contributed by atoms with Crippen molar-refractivity contribution in [3.8, 4) is 0 Å². The first-order chi connectivity index (χ1) is 9.97. The smallest absolute Gasteiger partial charge is 0.263 e. The maximum atomic E-state index is 12.5. The molecule has 6 heteroatoms. The van der Waals surface area contributed by atoms with Gasteiger partial charge in [0.2, 0.25) is 0 Å². The van der Waals surface area contributed by atoms with E-state index in [1.54, 1.807) is 4.68 Å². The molecular weight excluding hydrogens is 276 g/mol. The van der Waals surface area contributed by atoms with Crippen LogP contribution in [0.25, 0.3) is 0 Å². The Hall–Kier alpha value is -1.82. The molecule has 1 atom stereocenters. The number of alkyl halides is 2. The minimum atomic E-state index is -2.50. The van der Waals surface area contributed by atoms with E-state index >= 15 is 0 Å². The Labute approximate surface area is 122 Å². The van der Waals surface area contributed by atoms with E-state index in [0.717, 1.165) is 6.54 Å². The number of nitrogens with zero attached hydrogens (tertiary/aromatic N) is 3. The molecule has 0 aliphatic heterocycles. The van der Waals surface area contributed by atoms with Crippen molar-refractivity contribution in [2.75, 3.05) is 0 Å². The van der Waals surface area contributed by atoms with Gasteiger partial charge in [0, 0.05) is 18.5 Å². The Balaban J connectivity index is 2.07. The summed E-state index contributed by atoms with van der Waals surface area (Å²) in [5.74, 6) is 1.11. The lowest BCUT2D eigenvalue weighted by Crippen LogP contribution is -2.13. The molecule has 1 N–H and O–H groups in total. The van der Waals surface area contributed by atoms with Crippen LogP contribution in [0.5, 0.6) is 0 Å². The van der Waals surface area contributed by atoms with Crippen LogP contribution in [0.4, 0.5) is 8.78 Å². The molecule has 114 valence electrons. The highest BCUT2D eigenvalue weighted by Crippen LogP contribution is 2.23. The molecule has 1 aromatic carbocycles. The van der Waals surface area contributed by atoms with Gasteiger partial charge in [-0.25, -0.2) is 18.4 Å². The second-order valence-electron chi connectivity index (χ2n) is 5.44. The van der Waals surface area contributed by atoms with Gasteiger partial charge in [0.1, 0.15) is 12.2 Å². The molecule has 1 unspecified atom stereocenters. The monoisotopic (exact) mass is 295 g/mol. The van der Waals surface area contributed by atoms with Crippen LogP contribution in [0.1, 0.15) is 43.3 Å². The number of aliphatic hydroxyl groups is 1. The number of rotatable bonds is 6. The number of aliphatic hydroxyl groups excluding tert-OH is 1. The van der Waals surface area contributed by atoms with Gasteiger partial charge in [-0.15, -0.1) is 0 Å². The number of benzene rings is 1. The van der Waals surface area contributed by atoms with Gasteiger partial charge in [-0.2, -0.15) is 5.10 Å². The van der Waals surface area contributed by atoms with Crippen molar-refractivity contribution in [1.29, 1.82) is 0 Å².